The monoisotopic (exact) mass is 767 g/mol. The Morgan fingerprint density at radius 2 is 0.462 bits per heavy atom. The topological polar surface area (TPSA) is 155 Å². The van der Waals surface area contributed by atoms with Crippen LogP contribution in [0, 0.1) is 0 Å². The van der Waals surface area contributed by atoms with Gasteiger partial charge in [-0.3, -0.25) is 9.59 Å². The van der Waals surface area contributed by atoms with Crippen molar-refractivity contribution in [2.24, 2.45) is 0 Å². The van der Waals surface area contributed by atoms with Gasteiger partial charge in [0, 0.05) is 24.8 Å². The van der Waals surface area contributed by atoms with Gasteiger partial charge < -0.3 is 30.0 Å². The fraction of sp³-hybridized carbons (Fsp3) is 0.907. The zero-order valence-corrected chi connectivity index (χ0v) is 36.4. The standard InChI is InChI=1S/2C18H36O2.C7H12O4.Ca/c2*1-2-3-4-5-6-7-8-9-10-11-12-13-14-15-16-17-18(19)20;8-6(9)4-2-1-3-5-7(10)11;/h2*2-17H2,1H3,(H,19,20);1-5H2,(H,8,9)(H,10,11);/q;;;+2/p-2. The minimum absolute atomic E-state index is 0. The number of rotatable bonds is 38. The number of carboxylic acids is 4. The van der Waals surface area contributed by atoms with E-state index in [1.54, 1.807) is 0 Å². The molecule has 304 valence electrons. The van der Waals surface area contributed by atoms with Crippen molar-refractivity contribution >= 4 is 61.6 Å². The van der Waals surface area contributed by atoms with Crippen molar-refractivity contribution < 1.29 is 39.6 Å². The largest absolute Gasteiger partial charge is 2.00 e. The second-order valence-corrected chi connectivity index (χ2v) is 14.5. The molecule has 0 amide bonds. The Morgan fingerprint density at radius 1 is 0.308 bits per heavy atom. The Bertz CT molecular complexity index is 687. The van der Waals surface area contributed by atoms with E-state index in [0.29, 0.717) is 19.3 Å². The van der Waals surface area contributed by atoms with Gasteiger partial charge in [0.25, 0.3) is 0 Å². The summed E-state index contributed by atoms with van der Waals surface area (Å²) in [6, 6.07) is 0. The molecule has 0 aliphatic carbocycles. The second kappa shape index (κ2) is 52.2. The van der Waals surface area contributed by atoms with E-state index in [0.717, 1.165) is 25.7 Å². The quantitative estimate of drug-likeness (QED) is 0.0465. The molecule has 0 aromatic rings. The molecular weight excluding hydrogens is 685 g/mol. The van der Waals surface area contributed by atoms with Crippen LogP contribution in [0.1, 0.15) is 251 Å². The third-order valence-corrected chi connectivity index (χ3v) is 9.25. The maximum atomic E-state index is 10.2. The minimum Gasteiger partial charge on any atom is -0.550 e. The number of aliphatic carboxylic acids is 4. The van der Waals surface area contributed by atoms with Crippen LogP contribution < -0.4 is 10.2 Å². The molecule has 0 bridgehead atoms. The minimum atomic E-state index is -0.903. The predicted molar refractivity (Wildman–Crippen MR) is 213 cm³/mol. The van der Waals surface area contributed by atoms with Crippen molar-refractivity contribution in [1.82, 2.24) is 0 Å². The van der Waals surface area contributed by atoms with Crippen LogP contribution in [0.2, 0.25) is 0 Å². The summed E-state index contributed by atoms with van der Waals surface area (Å²) in [5.74, 6) is -3.44. The van der Waals surface area contributed by atoms with E-state index in [1.165, 1.54) is 167 Å². The van der Waals surface area contributed by atoms with Crippen LogP contribution in [0.5, 0.6) is 0 Å². The fourth-order valence-electron chi connectivity index (χ4n) is 6.01. The molecule has 0 heterocycles. The maximum Gasteiger partial charge on any atom is 2.00 e. The summed E-state index contributed by atoms with van der Waals surface area (Å²) in [5, 5.41) is 36.9. The Labute approximate surface area is 350 Å². The molecule has 0 aliphatic rings. The zero-order valence-electron chi connectivity index (χ0n) is 34.2. The second-order valence-electron chi connectivity index (χ2n) is 14.5. The van der Waals surface area contributed by atoms with Crippen LogP contribution in [0.15, 0.2) is 0 Å². The summed E-state index contributed by atoms with van der Waals surface area (Å²) in [5.41, 5.74) is 0. The van der Waals surface area contributed by atoms with Crippen LogP contribution in [0.25, 0.3) is 0 Å². The van der Waals surface area contributed by atoms with Gasteiger partial charge in [0.2, 0.25) is 0 Å². The van der Waals surface area contributed by atoms with Crippen LogP contribution in [-0.2, 0) is 19.2 Å². The molecule has 0 radical (unpaired) electrons. The van der Waals surface area contributed by atoms with Gasteiger partial charge in [-0.1, -0.05) is 200 Å². The van der Waals surface area contributed by atoms with Crippen molar-refractivity contribution in [1.29, 1.82) is 0 Å². The molecule has 0 fully saturated rings. The van der Waals surface area contributed by atoms with Crippen LogP contribution >= 0.6 is 0 Å². The average molecular weight is 767 g/mol. The zero-order chi connectivity index (χ0) is 38.5. The molecule has 0 aliphatic heterocycles. The van der Waals surface area contributed by atoms with Crippen molar-refractivity contribution in [3.05, 3.63) is 0 Å². The van der Waals surface area contributed by atoms with Gasteiger partial charge in [0.1, 0.15) is 0 Å². The molecule has 0 unspecified atom stereocenters. The molecule has 0 spiro atoms. The third kappa shape index (κ3) is 67.3. The molecular formula is C43H82CaO8. The van der Waals surface area contributed by atoms with E-state index >= 15 is 0 Å². The van der Waals surface area contributed by atoms with Gasteiger partial charge in [-0.2, -0.15) is 0 Å². The van der Waals surface area contributed by atoms with E-state index in [9.17, 15) is 29.4 Å². The number of unbranched alkanes of at least 4 members (excludes halogenated alkanes) is 30. The number of carbonyl (C=O) groups excluding carboxylic acids is 2. The number of hydrogen-bond donors (Lipinski definition) is 2. The van der Waals surface area contributed by atoms with Gasteiger partial charge in [-0.15, -0.1) is 0 Å². The van der Waals surface area contributed by atoms with Gasteiger partial charge in [-0.25, -0.2) is 0 Å². The SMILES string of the molecule is CCCCCCCCCCCCCCCCCC(=O)[O-].CCCCCCCCCCCCCCCCCC(=O)[O-].O=C(O)CCCCCC(=O)O.[Ca+2]. The van der Waals surface area contributed by atoms with Gasteiger partial charge >= 0.3 is 49.7 Å². The van der Waals surface area contributed by atoms with E-state index in [-0.39, 0.29) is 63.4 Å². The molecule has 8 nitrogen and oxygen atoms in total. The van der Waals surface area contributed by atoms with Crippen LogP contribution in [0.3, 0.4) is 0 Å². The number of hydrogen-bond acceptors (Lipinski definition) is 6. The Balaban J connectivity index is -0.000000344. The normalized spacial score (nSPS) is 10.3. The van der Waals surface area contributed by atoms with Crippen molar-refractivity contribution in [3.63, 3.8) is 0 Å². The van der Waals surface area contributed by atoms with E-state index in [4.69, 9.17) is 10.2 Å². The summed E-state index contributed by atoms with van der Waals surface area (Å²) >= 11 is 0. The van der Waals surface area contributed by atoms with Crippen LogP contribution in [-0.4, -0.2) is 71.8 Å². The first-order chi connectivity index (χ1) is 24.7. The van der Waals surface area contributed by atoms with Crippen molar-refractivity contribution in [2.75, 3.05) is 0 Å². The first-order valence-corrected chi connectivity index (χ1v) is 21.5. The summed E-state index contributed by atoms with van der Waals surface area (Å²) < 4.78 is 0. The van der Waals surface area contributed by atoms with Gasteiger partial charge in [0.05, 0.1) is 0 Å². The fourth-order valence-corrected chi connectivity index (χ4v) is 6.01. The summed E-state index contributed by atoms with van der Waals surface area (Å²) in [6.45, 7) is 4.53. The Morgan fingerprint density at radius 3 is 0.635 bits per heavy atom. The molecule has 0 atom stereocenters. The Kier molecular flexibility index (Phi) is 58.1. The number of carboxylic acid groups (broad SMARTS) is 4. The molecule has 9 heteroatoms. The first kappa shape index (κ1) is 57.9. The molecule has 0 aromatic heterocycles. The molecule has 52 heavy (non-hydrogen) atoms. The van der Waals surface area contributed by atoms with Gasteiger partial charge in [0.15, 0.2) is 0 Å². The summed E-state index contributed by atoms with van der Waals surface area (Å²) in [4.78, 5) is 40.4. The van der Waals surface area contributed by atoms with E-state index < -0.39 is 23.9 Å². The van der Waals surface area contributed by atoms with Crippen molar-refractivity contribution in [2.45, 2.75) is 251 Å². The Hall–Kier alpha value is -0.860. The van der Waals surface area contributed by atoms with Gasteiger partial charge in [-0.05, 0) is 38.5 Å². The maximum absolute atomic E-state index is 10.2. The first-order valence-electron chi connectivity index (χ1n) is 21.5. The van der Waals surface area contributed by atoms with Crippen LogP contribution in [0.4, 0.5) is 0 Å². The molecule has 0 rings (SSSR count). The smallest absolute Gasteiger partial charge is 0.550 e. The number of carbonyl (C=O) groups is 4. The predicted octanol–water partition coefficient (Wildman–Crippen LogP) is 10.7. The molecule has 0 saturated carbocycles. The third-order valence-electron chi connectivity index (χ3n) is 9.25. The van der Waals surface area contributed by atoms with E-state index in [2.05, 4.69) is 13.8 Å². The van der Waals surface area contributed by atoms with E-state index in [1.807, 2.05) is 0 Å². The average Bonchev–Trinajstić information content (AvgIpc) is 3.08. The van der Waals surface area contributed by atoms with Crippen molar-refractivity contribution in [3.8, 4) is 0 Å². The summed E-state index contributed by atoms with van der Waals surface area (Å²) in [7, 11) is 0. The molecule has 0 aromatic carbocycles. The summed E-state index contributed by atoms with van der Waals surface area (Å²) in [6.07, 6.45) is 41.8. The molecule has 0 saturated heterocycles. The molecule has 2 N–H and O–H groups in total.